The second-order valence-corrected chi connectivity index (χ2v) is 4.38. The van der Waals surface area contributed by atoms with Crippen LogP contribution in [0, 0.1) is 0 Å². The van der Waals surface area contributed by atoms with Gasteiger partial charge in [0.1, 0.15) is 11.5 Å². The summed E-state index contributed by atoms with van der Waals surface area (Å²) in [7, 11) is -2.01. The highest BCUT2D eigenvalue weighted by Gasteiger charge is 2.40. The molecular formula is C12H8B2O4. The Morgan fingerprint density at radius 2 is 1.22 bits per heavy atom. The summed E-state index contributed by atoms with van der Waals surface area (Å²) in [5.41, 5.74) is 2.95. The molecule has 2 aliphatic heterocycles. The van der Waals surface area contributed by atoms with E-state index in [9.17, 15) is 10.0 Å². The van der Waals surface area contributed by atoms with Crippen molar-refractivity contribution in [2.24, 2.45) is 0 Å². The predicted molar refractivity (Wildman–Crippen MR) is 68.3 cm³/mol. The van der Waals surface area contributed by atoms with Gasteiger partial charge in [-0.15, -0.1) is 0 Å². The minimum absolute atomic E-state index is 0.576. The molecule has 0 radical (unpaired) electrons. The van der Waals surface area contributed by atoms with Gasteiger partial charge in [0, 0.05) is 10.9 Å². The van der Waals surface area contributed by atoms with E-state index in [2.05, 4.69) is 0 Å². The third-order valence-electron chi connectivity index (χ3n) is 3.38. The molecule has 0 aromatic heterocycles. The van der Waals surface area contributed by atoms with E-state index in [1.165, 1.54) is 0 Å². The molecule has 0 bridgehead atoms. The Balaban J connectivity index is 2.14. The lowest BCUT2D eigenvalue weighted by Crippen LogP contribution is -2.50. The maximum absolute atomic E-state index is 9.99. The van der Waals surface area contributed by atoms with E-state index >= 15 is 0 Å². The summed E-state index contributed by atoms with van der Waals surface area (Å²) in [5.74, 6) is 1.15. The molecule has 2 heterocycles. The molecular weight excluding hydrogens is 230 g/mol. The van der Waals surface area contributed by atoms with Crippen LogP contribution in [0.1, 0.15) is 0 Å². The average molecular weight is 238 g/mol. The molecule has 6 heteroatoms. The van der Waals surface area contributed by atoms with Crippen LogP contribution in [0.2, 0.25) is 0 Å². The lowest BCUT2D eigenvalue weighted by molar-refractivity contribution is 0.417. The van der Waals surface area contributed by atoms with Crippen molar-refractivity contribution in [3.05, 3.63) is 36.4 Å². The van der Waals surface area contributed by atoms with Gasteiger partial charge in [-0.25, -0.2) is 0 Å². The number of benzene rings is 2. The summed E-state index contributed by atoms with van der Waals surface area (Å²) in [5, 5.41) is 20.0. The molecule has 4 nitrogen and oxygen atoms in total. The van der Waals surface area contributed by atoms with Crippen LogP contribution >= 0.6 is 0 Å². The van der Waals surface area contributed by atoms with Gasteiger partial charge in [0.25, 0.3) is 0 Å². The quantitative estimate of drug-likeness (QED) is 0.608. The molecule has 0 fully saturated rings. The SMILES string of the molecule is OB1Oc2cccc3c2-c2c1cccc2B(O)O3. The summed E-state index contributed by atoms with van der Waals surface area (Å²) >= 11 is 0. The molecule has 0 atom stereocenters. The molecule has 0 saturated carbocycles. The van der Waals surface area contributed by atoms with Crippen LogP contribution in [0.25, 0.3) is 11.1 Å². The first-order chi connectivity index (χ1) is 8.75. The topological polar surface area (TPSA) is 58.9 Å². The van der Waals surface area contributed by atoms with Gasteiger partial charge in [0.15, 0.2) is 0 Å². The van der Waals surface area contributed by atoms with Gasteiger partial charge in [-0.1, -0.05) is 24.3 Å². The van der Waals surface area contributed by atoms with Gasteiger partial charge in [-0.3, -0.25) is 0 Å². The Hall–Kier alpha value is -1.91. The Kier molecular flexibility index (Phi) is 1.85. The van der Waals surface area contributed by atoms with Gasteiger partial charge in [0.2, 0.25) is 0 Å². The predicted octanol–water partition coefficient (Wildman–Crippen LogP) is -0.487. The Bertz CT molecular complexity index is 610. The second-order valence-electron chi connectivity index (χ2n) is 4.38. The fourth-order valence-electron chi connectivity index (χ4n) is 2.61. The zero-order valence-electron chi connectivity index (χ0n) is 9.33. The average Bonchev–Trinajstić information content (AvgIpc) is 2.38. The summed E-state index contributed by atoms with van der Waals surface area (Å²) in [6.45, 7) is 0. The summed E-state index contributed by atoms with van der Waals surface area (Å²) < 4.78 is 10.9. The smallest absolute Gasteiger partial charge is 0.532 e. The number of hydrogen-bond donors (Lipinski definition) is 2. The van der Waals surface area contributed by atoms with Crippen LogP contribution in [0.15, 0.2) is 36.4 Å². The zero-order chi connectivity index (χ0) is 12.3. The molecule has 2 aromatic rings. The van der Waals surface area contributed by atoms with E-state index in [1.807, 2.05) is 0 Å². The van der Waals surface area contributed by atoms with Crippen molar-refractivity contribution in [2.75, 3.05) is 0 Å². The van der Waals surface area contributed by atoms with Crippen molar-refractivity contribution >= 4 is 25.2 Å². The first-order valence-electron chi connectivity index (χ1n) is 5.71. The van der Waals surface area contributed by atoms with Gasteiger partial charge in [0.05, 0.1) is 5.56 Å². The molecule has 86 valence electrons. The second kappa shape index (κ2) is 3.31. The first kappa shape index (κ1) is 10.1. The van der Waals surface area contributed by atoms with Crippen LogP contribution in [0.3, 0.4) is 0 Å². The van der Waals surface area contributed by atoms with E-state index < -0.39 is 14.2 Å². The molecule has 18 heavy (non-hydrogen) atoms. The van der Waals surface area contributed by atoms with E-state index in [-0.39, 0.29) is 0 Å². The molecule has 0 unspecified atom stereocenters. The summed E-state index contributed by atoms with van der Waals surface area (Å²) in [6.07, 6.45) is 0. The van der Waals surface area contributed by atoms with E-state index in [1.54, 1.807) is 36.4 Å². The van der Waals surface area contributed by atoms with Crippen molar-refractivity contribution in [1.29, 1.82) is 0 Å². The van der Waals surface area contributed by atoms with E-state index in [0.717, 1.165) is 11.1 Å². The molecule has 0 spiro atoms. The van der Waals surface area contributed by atoms with Crippen molar-refractivity contribution in [1.82, 2.24) is 0 Å². The van der Waals surface area contributed by atoms with Crippen LogP contribution in [-0.4, -0.2) is 24.3 Å². The third kappa shape index (κ3) is 1.14. The summed E-state index contributed by atoms with van der Waals surface area (Å²) in [6, 6.07) is 10.7. The highest BCUT2D eigenvalue weighted by molar-refractivity contribution is 6.69. The van der Waals surface area contributed by atoms with Gasteiger partial charge < -0.3 is 19.4 Å². The van der Waals surface area contributed by atoms with Crippen molar-refractivity contribution in [3.8, 4) is 22.6 Å². The maximum Gasteiger partial charge on any atom is 0.560 e. The number of hydrogen-bond acceptors (Lipinski definition) is 4. The van der Waals surface area contributed by atoms with Crippen LogP contribution in [-0.2, 0) is 0 Å². The van der Waals surface area contributed by atoms with Gasteiger partial charge in [-0.05, 0) is 17.7 Å². The summed E-state index contributed by atoms with van der Waals surface area (Å²) in [4.78, 5) is 0. The molecule has 2 aliphatic rings. The Labute approximate surface area is 104 Å². The van der Waals surface area contributed by atoms with E-state index in [0.29, 0.717) is 22.4 Å². The Morgan fingerprint density at radius 3 is 1.78 bits per heavy atom. The van der Waals surface area contributed by atoms with Crippen molar-refractivity contribution in [3.63, 3.8) is 0 Å². The maximum atomic E-state index is 9.99. The van der Waals surface area contributed by atoms with Gasteiger partial charge >= 0.3 is 14.2 Å². The number of rotatable bonds is 0. The molecule has 4 rings (SSSR count). The van der Waals surface area contributed by atoms with Gasteiger partial charge in [-0.2, -0.15) is 0 Å². The van der Waals surface area contributed by atoms with Crippen molar-refractivity contribution in [2.45, 2.75) is 0 Å². The minimum atomic E-state index is -1.01. The fourth-order valence-corrected chi connectivity index (χ4v) is 2.61. The third-order valence-corrected chi connectivity index (χ3v) is 3.38. The lowest BCUT2D eigenvalue weighted by Gasteiger charge is -2.31. The van der Waals surface area contributed by atoms with Crippen molar-refractivity contribution < 1.29 is 19.4 Å². The molecule has 0 amide bonds. The highest BCUT2D eigenvalue weighted by Crippen LogP contribution is 2.41. The standard InChI is InChI=1S/C12H8B2O4/c15-13-7-3-1-4-8-11(7)12-9(17-13)5-2-6-10(12)18-14(8)16/h1-6,15-16H. The zero-order valence-corrected chi connectivity index (χ0v) is 9.33. The highest BCUT2D eigenvalue weighted by atomic mass is 16.5. The fraction of sp³-hybridized carbons (Fsp3) is 0. The van der Waals surface area contributed by atoms with Crippen LogP contribution < -0.4 is 20.2 Å². The minimum Gasteiger partial charge on any atom is -0.532 e. The lowest BCUT2D eigenvalue weighted by atomic mass is 9.63. The normalized spacial score (nSPS) is 14.8. The first-order valence-corrected chi connectivity index (χ1v) is 5.71. The largest absolute Gasteiger partial charge is 0.560 e. The molecule has 0 saturated heterocycles. The Morgan fingerprint density at radius 1 is 0.722 bits per heavy atom. The molecule has 2 N–H and O–H groups in total. The van der Waals surface area contributed by atoms with E-state index in [4.69, 9.17) is 9.31 Å². The molecule has 2 aromatic carbocycles. The monoisotopic (exact) mass is 238 g/mol. The van der Waals surface area contributed by atoms with Crippen LogP contribution in [0.4, 0.5) is 0 Å². The van der Waals surface area contributed by atoms with Crippen LogP contribution in [0.5, 0.6) is 11.5 Å². The molecule has 0 aliphatic carbocycles.